The van der Waals surface area contributed by atoms with E-state index in [1.807, 2.05) is 39.8 Å². The van der Waals surface area contributed by atoms with Gasteiger partial charge >= 0.3 is 0 Å². The molecule has 0 heterocycles. The quantitative estimate of drug-likeness (QED) is 0.391. The van der Waals surface area contributed by atoms with Crippen molar-refractivity contribution in [3.05, 3.63) is 22.2 Å². The molecule has 2 N–H and O–H groups in total. The van der Waals surface area contributed by atoms with Crippen LogP contribution in [0.25, 0.3) is 0 Å². The van der Waals surface area contributed by atoms with Crippen LogP contribution in [0.2, 0.25) is 0 Å². The summed E-state index contributed by atoms with van der Waals surface area (Å²) in [4.78, 5) is 12.0. The summed E-state index contributed by atoms with van der Waals surface area (Å²) in [6.07, 6.45) is 3.26. The molecule has 166 valence electrons. The smallest absolute Gasteiger partial charge is 0.258 e. The fourth-order valence-electron chi connectivity index (χ4n) is 2.56. The Labute approximate surface area is 184 Å². The van der Waals surface area contributed by atoms with E-state index >= 15 is 0 Å². The predicted octanol–water partition coefficient (Wildman–Crippen LogP) is 4.44. The Kier molecular flexibility index (Phi) is 12.3. The molecule has 0 saturated carbocycles. The summed E-state index contributed by atoms with van der Waals surface area (Å²) in [5.41, 5.74) is 0.784. The predicted molar refractivity (Wildman–Crippen MR) is 121 cm³/mol. The standard InChI is InChI=1S/C22H37BrN2O4/c1-6-8-11-27-12-9-10-24-15-17-13-19(28-7-2)20(14-18(17)23)29-16-21(26)25-22(3,4)5/h13-14,24H,6-12,15-16H2,1-5H3,(H,25,26). The minimum atomic E-state index is -0.291. The zero-order chi connectivity index (χ0) is 21.7. The Hall–Kier alpha value is -1.31. The van der Waals surface area contributed by atoms with Crippen molar-refractivity contribution in [1.29, 1.82) is 0 Å². The van der Waals surface area contributed by atoms with Crippen molar-refractivity contribution >= 4 is 21.8 Å². The maximum absolute atomic E-state index is 12.0. The molecule has 0 aromatic heterocycles. The van der Waals surface area contributed by atoms with Crippen LogP contribution in [0.3, 0.4) is 0 Å². The lowest BCUT2D eigenvalue weighted by Crippen LogP contribution is -2.43. The number of rotatable bonds is 14. The van der Waals surface area contributed by atoms with Gasteiger partial charge in [-0.1, -0.05) is 29.3 Å². The molecule has 1 amide bonds. The molecule has 0 aliphatic carbocycles. The Balaban J connectivity index is 2.57. The molecule has 0 saturated heterocycles. The zero-order valence-corrected chi connectivity index (χ0v) is 20.1. The van der Waals surface area contributed by atoms with E-state index in [9.17, 15) is 4.79 Å². The van der Waals surface area contributed by atoms with Crippen LogP contribution >= 0.6 is 15.9 Å². The van der Waals surface area contributed by atoms with Crippen LogP contribution in [0.5, 0.6) is 11.5 Å². The molecule has 6 nitrogen and oxygen atoms in total. The highest BCUT2D eigenvalue weighted by Crippen LogP contribution is 2.34. The second-order valence-electron chi connectivity index (χ2n) is 7.91. The molecular formula is C22H37BrN2O4. The van der Waals surface area contributed by atoms with E-state index in [-0.39, 0.29) is 18.1 Å². The van der Waals surface area contributed by atoms with Crippen molar-refractivity contribution in [1.82, 2.24) is 10.6 Å². The van der Waals surface area contributed by atoms with E-state index in [0.29, 0.717) is 24.7 Å². The molecule has 7 heteroatoms. The lowest BCUT2D eigenvalue weighted by molar-refractivity contribution is -0.124. The third-order valence-corrected chi connectivity index (χ3v) is 4.62. The van der Waals surface area contributed by atoms with Gasteiger partial charge in [-0.25, -0.2) is 0 Å². The molecular weight excluding hydrogens is 436 g/mol. The van der Waals surface area contributed by atoms with Crippen molar-refractivity contribution in [2.24, 2.45) is 0 Å². The molecule has 0 spiro atoms. The highest BCUT2D eigenvalue weighted by atomic mass is 79.9. The van der Waals surface area contributed by atoms with Gasteiger partial charge in [0.1, 0.15) is 0 Å². The normalized spacial score (nSPS) is 11.4. The van der Waals surface area contributed by atoms with Gasteiger partial charge in [-0.05, 0) is 64.8 Å². The number of amides is 1. The number of unbranched alkanes of at least 4 members (excludes halogenated alkanes) is 1. The van der Waals surface area contributed by atoms with Gasteiger partial charge in [0.25, 0.3) is 5.91 Å². The first-order chi connectivity index (χ1) is 13.8. The topological polar surface area (TPSA) is 68.8 Å². The van der Waals surface area contributed by atoms with Gasteiger partial charge in [-0.2, -0.15) is 0 Å². The summed E-state index contributed by atoms with van der Waals surface area (Å²) in [7, 11) is 0. The molecule has 1 rings (SSSR count). The van der Waals surface area contributed by atoms with Crippen molar-refractivity contribution in [3.63, 3.8) is 0 Å². The molecule has 0 aliphatic rings. The molecule has 0 radical (unpaired) electrons. The van der Waals surface area contributed by atoms with Crippen molar-refractivity contribution < 1.29 is 19.0 Å². The first-order valence-corrected chi connectivity index (χ1v) is 11.2. The van der Waals surface area contributed by atoms with Crippen molar-refractivity contribution in [3.8, 4) is 11.5 Å². The van der Waals surface area contributed by atoms with E-state index in [2.05, 4.69) is 33.5 Å². The van der Waals surface area contributed by atoms with Gasteiger partial charge in [0.2, 0.25) is 0 Å². The summed E-state index contributed by atoms with van der Waals surface area (Å²) < 4.78 is 17.9. The van der Waals surface area contributed by atoms with Crippen LogP contribution in [0.1, 0.15) is 59.4 Å². The highest BCUT2D eigenvalue weighted by molar-refractivity contribution is 9.10. The van der Waals surface area contributed by atoms with E-state index < -0.39 is 0 Å². The van der Waals surface area contributed by atoms with Crippen molar-refractivity contribution in [2.45, 2.75) is 66.0 Å². The third-order valence-electron chi connectivity index (χ3n) is 3.89. The molecule has 29 heavy (non-hydrogen) atoms. The Morgan fingerprint density at radius 2 is 1.76 bits per heavy atom. The van der Waals surface area contributed by atoms with E-state index in [1.165, 1.54) is 0 Å². The van der Waals surface area contributed by atoms with Gasteiger partial charge < -0.3 is 24.8 Å². The number of hydrogen-bond donors (Lipinski definition) is 2. The van der Waals surface area contributed by atoms with Crippen LogP contribution in [0.15, 0.2) is 16.6 Å². The zero-order valence-electron chi connectivity index (χ0n) is 18.5. The van der Waals surface area contributed by atoms with Crippen LogP contribution in [0, 0.1) is 0 Å². The fraction of sp³-hybridized carbons (Fsp3) is 0.682. The molecule has 1 aromatic rings. The molecule has 0 bridgehead atoms. The molecule has 0 atom stereocenters. The summed E-state index contributed by atoms with van der Waals surface area (Å²) in [5.74, 6) is 1.03. The SMILES string of the molecule is CCCCOCCCNCc1cc(OCC)c(OCC(=O)NC(C)(C)C)cc1Br. The second-order valence-corrected chi connectivity index (χ2v) is 8.76. The van der Waals surface area contributed by atoms with Gasteiger partial charge in [0, 0.05) is 29.8 Å². The summed E-state index contributed by atoms with van der Waals surface area (Å²) >= 11 is 3.60. The summed E-state index contributed by atoms with van der Waals surface area (Å²) in [5, 5.41) is 6.31. The minimum Gasteiger partial charge on any atom is -0.490 e. The Morgan fingerprint density at radius 3 is 2.41 bits per heavy atom. The highest BCUT2D eigenvalue weighted by Gasteiger charge is 2.16. The van der Waals surface area contributed by atoms with Gasteiger partial charge in [-0.3, -0.25) is 4.79 Å². The molecule has 0 unspecified atom stereocenters. The van der Waals surface area contributed by atoms with E-state index in [4.69, 9.17) is 14.2 Å². The lowest BCUT2D eigenvalue weighted by Gasteiger charge is -2.21. The first-order valence-electron chi connectivity index (χ1n) is 10.4. The maximum Gasteiger partial charge on any atom is 0.258 e. The second kappa shape index (κ2) is 13.8. The number of carbonyl (C=O) groups is 1. The fourth-order valence-corrected chi connectivity index (χ4v) is 3.02. The summed E-state index contributed by atoms with van der Waals surface area (Å²) in [6.45, 7) is 13.6. The molecule has 1 aromatic carbocycles. The monoisotopic (exact) mass is 472 g/mol. The third kappa shape index (κ3) is 11.5. The largest absolute Gasteiger partial charge is 0.490 e. The molecule has 0 fully saturated rings. The average Bonchev–Trinajstić information content (AvgIpc) is 2.63. The van der Waals surface area contributed by atoms with Gasteiger partial charge in [-0.15, -0.1) is 0 Å². The lowest BCUT2D eigenvalue weighted by atomic mass is 10.1. The van der Waals surface area contributed by atoms with E-state index in [1.54, 1.807) is 0 Å². The Bertz CT molecular complexity index is 618. The summed E-state index contributed by atoms with van der Waals surface area (Å²) in [6, 6.07) is 3.82. The number of halogens is 1. The number of nitrogens with one attached hydrogen (secondary N) is 2. The Morgan fingerprint density at radius 1 is 1.07 bits per heavy atom. The van der Waals surface area contributed by atoms with E-state index in [0.717, 1.165) is 49.1 Å². The minimum absolute atomic E-state index is 0.0561. The van der Waals surface area contributed by atoms with Crippen LogP contribution in [-0.2, 0) is 16.1 Å². The first kappa shape index (κ1) is 25.7. The van der Waals surface area contributed by atoms with Crippen molar-refractivity contribution in [2.75, 3.05) is 33.0 Å². The number of carbonyl (C=O) groups excluding carboxylic acids is 1. The number of ether oxygens (including phenoxy) is 3. The van der Waals surface area contributed by atoms with Crippen LogP contribution in [0.4, 0.5) is 0 Å². The maximum atomic E-state index is 12.0. The van der Waals surface area contributed by atoms with Gasteiger partial charge in [0.15, 0.2) is 18.1 Å². The molecule has 0 aliphatic heterocycles. The van der Waals surface area contributed by atoms with Crippen LogP contribution in [-0.4, -0.2) is 44.4 Å². The van der Waals surface area contributed by atoms with Crippen LogP contribution < -0.4 is 20.1 Å². The number of benzene rings is 1. The average molecular weight is 473 g/mol. The number of hydrogen-bond acceptors (Lipinski definition) is 5. The van der Waals surface area contributed by atoms with Gasteiger partial charge in [0.05, 0.1) is 6.61 Å².